The highest BCUT2D eigenvalue weighted by Crippen LogP contribution is 2.13. The molecule has 1 rings (SSSR count). The molecular weight excluding hydrogens is 272 g/mol. The molecular formula is C10H10Cl3NO2. The van der Waals surface area contributed by atoms with Gasteiger partial charge in [-0.1, -0.05) is 11.6 Å². The van der Waals surface area contributed by atoms with E-state index in [0.717, 1.165) is 0 Å². The number of halogens is 3. The van der Waals surface area contributed by atoms with E-state index in [1.54, 1.807) is 24.3 Å². The lowest BCUT2D eigenvalue weighted by Gasteiger charge is -2.08. The van der Waals surface area contributed by atoms with Crippen molar-refractivity contribution in [3.63, 3.8) is 0 Å². The molecule has 0 spiro atoms. The molecule has 16 heavy (non-hydrogen) atoms. The molecule has 0 radical (unpaired) electrons. The summed E-state index contributed by atoms with van der Waals surface area (Å²) in [5.74, 6) is 0.232. The first-order chi connectivity index (χ1) is 7.61. The molecule has 1 aromatic carbocycles. The molecule has 1 atom stereocenters. The van der Waals surface area contributed by atoms with Crippen molar-refractivity contribution in [1.29, 1.82) is 0 Å². The topological polar surface area (TPSA) is 38.3 Å². The highest BCUT2D eigenvalue weighted by Gasteiger charge is 2.07. The van der Waals surface area contributed by atoms with Crippen LogP contribution in [0.5, 0.6) is 0 Å². The molecule has 1 aromatic rings. The van der Waals surface area contributed by atoms with Gasteiger partial charge in [-0.3, -0.25) is 5.32 Å². The first-order valence-corrected chi connectivity index (χ1v) is 5.86. The SMILES string of the molecule is O=C(Nc1ccc(Cl)cc1)OCC(Cl)CCl. The Kier molecular flexibility index (Phi) is 5.74. The smallest absolute Gasteiger partial charge is 0.411 e. The Hall–Kier alpha value is -0.640. The van der Waals surface area contributed by atoms with E-state index < -0.39 is 6.09 Å². The predicted molar refractivity (Wildman–Crippen MR) is 66.8 cm³/mol. The Labute approximate surface area is 109 Å². The Balaban J connectivity index is 2.37. The summed E-state index contributed by atoms with van der Waals surface area (Å²) in [6.07, 6.45) is -0.571. The zero-order valence-electron chi connectivity index (χ0n) is 8.25. The van der Waals surface area contributed by atoms with E-state index in [4.69, 9.17) is 39.5 Å². The second-order valence-electron chi connectivity index (χ2n) is 2.98. The normalized spacial score (nSPS) is 11.9. The van der Waals surface area contributed by atoms with Crippen LogP contribution in [0.3, 0.4) is 0 Å². The third-order valence-electron chi connectivity index (χ3n) is 1.65. The average Bonchev–Trinajstić information content (AvgIpc) is 2.29. The second-order valence-corrected chi connectivity index (χ2v) is 4.34. The van der Waals surface area contributed by atoms with E-state index in [2.05, 4.69) is 5.32 Å². The molecule has 0 saturated heterocycles. The maximum Gasteiger partial charge on any atom is 0.411 e. The van der Waals surface area contributed by atoms with Crippen molar-refractivity contribution < 1.29 is 9.53 Å². The minimum Gasteiger partial charge on any atom is -0.448 e. The van der Waals surface area contributed by atoms with Gasteiger partial charge >= 0.3 is 6.09 Å². The summed E-state index contributed by atoms with van der Waals surface area (Å²) >= 11 is 16.8. The fourth-order valence-electron chi connectivity index (χ4n) is 0.898. The van der Waals surface area contributed by atoms with Crippen molar-refractivity contribution in [1.82, 2.24) is 0 Å². The van der Waals surface area contributed by atoms with Crippen LogP contribution < -0.4 is 5.32 Å². The molecule has 0 aliphatic heterocycles. The summed E-state index contributed by atoms with van der Waals surface area (Å²) in [7, 11) is 0. The first-order valence-electron chi connectivity index (χ1n) is 4.51. The van der Waals surface area contributed by atoms with Crippen molar-refractivity contribution in [3.8, 4) is 0 Å². The number of alkyl halides is 2. The monoisotopic (exact) mass is 281 g/mol. The number of amides is 1. The number of ether oxygens (including phenoxy) is 1. The van der Waals surface area contributed by atoms with Crippen LogP contribution in [0.4, 0.5) is 10.5 Å². The average molecular weight is 283 g/mol. The maximum absolute atomic E-state index is 11.2. The summed E-state index contributed by atoms with van der Waals surface area (Å²) in [6, 6.07) is 6.67. The fraction of sp³-hybridized carbons (Fsp3) is 0.300. The van der Waals surface area contributed by atoms with E-state index in [1.807, 2.05) is 0 Å². The first kappa shape index (κ1) is 13.4. The van der Waals surface area contributed by atoms with Crippen molar-refractivity contribution in [2.75, 3.05) is 17.8 Å². The van der Waals surface area contributed by atoms with Gasteiger partial charge in [-0.25, -0.2) is 4.79 Å². The van der Waals surface area contributed by atoms with Crippen LogP contribution >= 0.6 is 34.8 Å². The maximum atomic E-state index is 11.2. The van der Waals surface area contributed by atoms with Crippen LogP contribution in [0, 0.1) is 0 Å². The summed E-state index contributed by atoms with van der Waals surface area (Å²) in [4.78, 5) is 11.2. The minimum atomic E-state index is -0.571. The van der Waals surface area contributed by atoms with Gasteiger partial charge in [0.2, 0.25) is 0 Å². The third kappa shape index (κ3) is 4.92. The van der Waals surface area contributed by atoms with Crippen LogP contribution in [0.15, 0.2) is 24.3 Å². The lowest BCUT2D eigenvalue weighted by atomic mass is 10.3. The van der Waals surface area contributed by atoms with E-state index in [-0.39, 0.29) is 17.9 Å². The number of carbonyl (C=O) groups is 1. The van der Waals surface area contributed by atoms with Gasteiger partial charge in [-0.05, 0) is 24.3 Å². The molecule has 0 saturated carbocycles. The molecule has 0 fully saturated rings. The number of anilines is 1. The van der Waals surface area contributed by atoms with Gasteiger partial charge in [-0.2, -0.15) is 0 Å². The van der Waals surface area contributed by atoms with Crippen LogP contribution in [0.2, 0.25) is 5.02 Å². The number of benzene rings is 1. The molecule has 88 valence electrons. The third-order valence-corrected chi connectivity index (χ3v) is 2.72. The lowest BCUT2D eigenvalue weighted by Crippen LogP contribution is -2.19. The fourth-order valence-corrected chi connectivity index (χ4v) is 1.18. The summed E-state index contributed by atoms with van der Waals surface area (Å²) in [6.45, 7) is 0.0739. The number of nitrogens with one attached hydrogen (secondary N) is 1. The van der Waals surface area contributed by atoms with Crippen LogP contribution in [0.25, 0.3) is 0 Å². The van der Waals surface area contributed by atoms with Gasteiger partial charge in [0, 0.05) is 16.6 Å². The largest absolute Gasteiger partial charge is 0.448 e. The highest BCUT2D eigenvalue weighted by atomic mass is 35.5. The van der Waals surface area contributed by atoms with E-state index in [0.29, 0.717) is 10.7 Å². The Bertz CT molecular complexity index is 342. The Morgan fingerprint density at radius 3 is 2.56 bits per heavy atom. The molecule has 0 heterocycles. The van der Waals surface area contributed by atoms with Gasteiger partial charge in [0.25, 0.3) is 0 Å². The van der Waals surface area contributed by atoms with E-state index >= 15 is 0 Å². The van der Waals surface area contributed by atoms with Crippen molar-refractivity contribution >= 4 is 46.6 Å². The second kappa shape index (κ2) is 6.84. The molecule has 0 aliphatic rings. The number of rotatable bonds is 4. The van der Waals surface area contributed by atoms with E-state index in [1.165, 1.54) is 0 Å². The molecule has 1 N–H and O–H groups in total. The zero-order chi connectivity index (χ0) is 12.0. The summed E-state index contributed by atoms with van der Waals surface area (Å²) in [5, 5.41) is 2.75. The number of hydrogen-bond donors (Lipinski definition) is 1. The standard InChI is InChI=1S/C10H10Cl3NO2/c11-5-8(13)6-16-10(15)14-9-3-1-7(12)2-4-9/h1-4,8H,5-6H2,(H,14,15). The van der Waals surface area contributed by atoms with Crippen molar-refractivity contribution in [2.24, 2.45) is 0 Å². The van der Waals surface area contributed by atoms with Crippen LogP contribution in [-0.4, -0.2) is 24.0 Å². The highest BCUT2D eigenvalue weighted by molar-refractivity contribution is 6.30. The Morgan fingerprint density at radius 2 is 2.00 bits per heavy atom. The minimum absolute atomic E-state index is 0.0739. The Morgan fingerprint density at radius 1 is 1.38 bits per heavy atom. The van der Waals surface area contributed by atoms with Gasteiger partial charge in [0.15, 0.2) is 0 Å². The summed E-state index contributed by atoms with van der Waals surface area (Å²) < 4.78 is 4.83. The van der Waals surface area contributed by atoms with Crippen LogP contribution in [0.1, 0.15) is 0 Å². The molecule has 0 aliphatic carbocycles. The molecule has 1 unspecified atom stereocenters. The molecule has 1 amide bonds. The predicted octanol–water partition coefficient (Wildman–Crippen LogP) is 3.73. The lowest BCUT2D eigenvalue weighted by molar-refractivity contribution is 0.163. The molecule has 0 bridgehead atoms. The number of hydrogen-bond acceptors (Lipinski definition) is 2. The van der Waals surface area contributed by atoms with Gasteiger partial charge in [0.1, 0.15) is 6.61 Å². The quantitative estimate of drug-likeness (QED) is 0.855. The van der Waals surface area contributed by atoms with E-state index in [9.17, 15) is 4.79 Å². The van der Waals surface area contributed by atoms with Crippen molar-refractivity contribution in [2.45, 2.75) is 5.38 Å². The molecule has 0 aromatic heterocycles. The van der Waals surface area contributed by atoms with Crippen LogP contribution in [-0.2, 0) is 4.74 Å². The van der Waals surface area contributed by atoms with Crippen molar-refractivity contribution in [3.05, 3.63) is 29.3 Å². The van der Waals surface area contributed by atoms with Gasteiger partial charge in [0.05, 0.1) is 5.38 Å². The molecule has 6 heteroatoms. The zero-order valence-corrected chi connectivity index (χ0v) is 10.5. The number of carbonyl (C=O) groups excluding carboxylic acids is 1. The van der Waals surface area contributed by atoms with Gasteiger partial charge in [-0.15, -0.1) is 23.2 Å². The van der Waals surface area contributed by atoms with Gasteiger partial charge < -0.3 is 4.74 Å². The molecule has 3 nitrogen and oxygen atoms in total. The summed E-state index contributed by atoms with van der Waals surface area (Å²) in [5.41, 5.74) is 0.603.